The summed E-state index contributed by atoms with van der Waals surface area (Å²) in [6.45, 7) is 4.99. The van der Waals surface area contributed by atoms with Crippen LogP contribution in [0, 0.1) is 0 Å². The van der Waals surface area contributed by atoms with E-state index < -0.39 is 5.97 Å². The van der Waals surface area contributed by atoms with E-state index in [1.54, 1.807) is 18.4 Å². The van der Waals surface area contributed by atoms with Gasteiger partial charge in [0.25, 0.3) is 0 Å². The number of carbonyl (C=O) groups is 2. The molecular weight excluding hydrogens is 529 g/mol. The van der Waals surface area contributed by atoms with Crippen LogP contribution in [0.15, 0.2) is 46.2 Å². The molecule has 0 spiro atoms. The normalized spacial score (nSPS) is 10.9. The molecule has 0 fully saturated rings. The number of carbonyl (C=O) groups excluding carboxylic acids is 2. The first-order valence-corrected chi connectivity index (χ1v) is 14.5. The second-order valence-corrected chi connectivity index (χ2v) is 10.8. The number of amides is 1. The molecule has 1 aromatic carbocycles. The molecule has 4 aromatic rings. The van der Waals surface area contributed by atoms with Gasteiger partial charge in [0, 0.05) is 33.3 Å². The van der Waals surface area contributed by atoms with Crippen molar-refractivity contribution in [3.05, 3.63) is 51.5 Å². The molecule has 3 aromatic heterocycles. The summed E-state index contributed by atoms with van der Waals surface area (Å²) in [7, 11) is 2.93. The molecule has 3 heterocycles. The molecule has 4 rings (SSSR count). The van der Waals surface area contributed by atoms with E-state index in [9.17, 15) is 9.59 Å². The lowest BCUT2D eigenvalue weighted by Crippen LogP contribution is -2.16. The van der Waals surface area contributed by atoms with Crippen molar-refractivity contribution in [1.29, 1.82) is 0 Å². The Bertz CT molecular complexity index is 1370. The maximum absolute atomic E-state index is 12.9. The number of nitrogens with one attached hydrogen (secondary N) is 1. The lowest BCUT2D eigenvalue weighted by molar-refractivity contribution is -0.113. The summed E-state index contributed by atoms with van der Waals surface area (Å²) >= 11 is 4.32. The second kappa shape index (κ2) is 12.4. The van der Waals surface area contributed by atoms with Crippen LogP contribution in [0.25, 0.3) is 22.5 Å². The van der Waals surface area contributed by atoms with Crippen molar-refractivity contribution in [3.8, 4) is 28.3 Å². The van der Waals surface area contributed by atoms with Gasteiger partial charge in [0.05, 0.1) is 20.0 Å². The van der Waals surface area contributed by atoms with E-state index in [2.05, 4.69) is 45.4 Å². The zero-order chi connectivity index (χ0) is 26.4. The minimum atomic E-state index is -0.510. The fraction of sp³-hybridized carbons (Fsp3) is 0.308. The molecule has 1 amide bonds. The molecule has 0 unspecified atom stereocenters. The number of aryl methyl sites for hydroxylation is 1. The first-order valence-electron chi connectivity index (χ1n) is 11.8. The Morgan fingerprint density at radius 1 is 1.05 bits per heavy atom. The van der Waals surface area contributed by atoms with Gasteiger partial charge >= 0.3 is 5.97 Å². The summed E-state index contributed by atoms with van der Waals surface area (Å²) in [5.74, 6) is 0.908. The molecular formula is C26H28N4O4S3. The van der Waals surface area contributed by atoms with Gasteiger partial charge in [0.15, 0.2) is 11.0 Å². The fourth-order valence-corrected chi connectivity index (χ4v) is 6.30. The molecule has 0 aliphatic rings. The number of esters is 1. The van der Waals surface area contributed by atoms with E-state index in [4.69, 9.17) is 9.47 Å². The number of ether oxygens (including phenoxy) is 2. The number of benzene rings is 1. The Kier molecular flexibility index (Phi) is 9.01. The smallest absolute Gasteiger partial charge is 0.341 e. The highest BCUT2D eigenvalue weighted by Gasteiger charge is 2.23. The van der Waals surface area contributed by atoms with Crippen molar-refractivity contribution < 1.29 is 19.1 Å². The van der Waals surface area contributed by atoms with Crippen molar-refractivity contribution in [1.82, 2.24) is 14.8 Å². The average molecular weight is 557 g/mol. The van der Waals surface area contributed by atoms with Gasteiger partial charge in [-0.05, 0) is 36.6 Å². The molecule has 0 saturated heterocycles. The van der Waals surface area contributed by atoms with Gasteiger partial charge in [0.2, 0.25) is 5.91 Å². The number of hydrogen-bond acceptors (Lipinski definition) is 9. The van der Waals surface area contributed by atoms with Crippen LogP contribution in [-0.4, -0.2) is 46.6 Å². The number of hydrogen-bond donors (Lipinski definition) is 1. The number of methoxy groups -OCH3 is 2. The van der Waals surface area contributed by atoms with Gasteiger partial charge < -0.3 is 19.4 Å². The van der Waals surface area contributed by atoms with Gasteiger partial charge in [-0.25, -0.2) is 4.79 Å². The van der Waals surface area contributed by atoms with Gasteiger partial charge in [-0.3, -0.25) is 4.79 Å². The van der Waals surface area contributed by atoms with Crippen molar-refractivity contribution in [2.24, 2.45) is 0 Å². The van der Waals surface area contributed by atoms with Crippen LogP contribution < -0.4 is 10.1 Å². The summed E-state index contributed by atoms with van der Waals surface area (Å²) < 4.78 is 12.3. The number of anilines is 1. The lowest BCUT2D eigenvalue weighted by Gasteiger charge is -2.09. The van der Waals surface area contributed by atoms with Gasteiger partial charge in [-0.15, -0.1) is 32.9 Å². The molecule has 0 aliphatic heterocycles. The van der Waals surface area contributed by atoms with Crippen molar-refractivity contribution in [2.45, 2.75) is 38.4 Å². The number of rotatable bonds is 11. The molecule has 37 heavy (non-hydrogen) atoms. The Hall–Kier alpha value is -3.15. The first kappa shape index (κ1) is 26.9. The molecule has 0 bridgehead atoms. The molecule has 8 nitrogen and oxygen atoms in total. The number of nitrogens with zero attached hydrogens (tertiary/aromatic N) is 3. The van der Waals surface area contributed by atoms with Gasteiger partial charge in [-0.2, -0.15) is 0 Å². The predicted molar refractivity (Wildman–Crippen MR) is 150 cm³/mol. The topological polar surface area (TPSA) is 95.3 Å². The van der Waals surface area contributed by atoms with Crippen LogP contribution in [0.3, 0.4) is 0 Å². The minimum Gasteiger partial charge on any atom is -0.497 e. The SMILES string of the molecule is CCCn1c(SCC(=O)Nc2scc(-c3ccc(OC)cc3)c2C(=O)OC)nnc1-c1csc(CC)c1. The highest BCUT2D eigenvalue weighted by molar-refractivity contribution is 7.99. The monoisotopic (exact) mass is 556 g/mol. The molecule has 11 heteroatoms. The van der Waals surface area contributed by atoms with Crippen LogP contribution >= 0.6 is 34.4 Å². The van der Waals surface area contributed by atoms with Gasteiger partial charge in [-0.1, -0.05) is 37.7 Å². The summed E-state index contributed by atoms with van der Waals surface area (Å²) in [5, 5.41) is 16.7. The summed E-state index contributed by atoms with van der Waals surface area (Å²) in [5.41, 5.74) is 2.90. The Morgan fingerprint density at radius 3 is 2.49 bits per heavy atom. The molecule has 0 atom stereocenters. The molecule has 0 saturated carbocycles. The van der Waals surface area contributed by atoms with Crippen LogP contribution in [-0.2, 0) is 22.5 Å². The largest absolute Gasteiger partial charge is 0.497 e. The minimum absolute atomic E-state index is 0.127. The van der Waals surface area contributed by atoms with Crippen molar-refractivity contribution in [3.63, 3.8) is 0 Å². The van der Waals surface area contributed by atoms with E-state index in [-0.39, 0.29) is 11.7 Å². The zero-order valence-electron chi connectivity index (χ0n) is 21.1. The summed E-state index contributed by atoms with van der Waals surface area (Å²) in [6.07, 6.45) is 1.90. The standard InChI is InChI=1S/C26H28N4O4S3/c1-5-11-30-23(17-12-19(6-2)35-13-17)28-29-26(30)37-15-21(31)27-24-22(25(32)34-4)20(14-36-24)16-7-9-18(33-3)10-8-16/h7-10,12-14H,5-6,11,15H2,1-4H3,(H,27,31). The van der Waals surface area contributed by atoms with E-state index in [0.29, 0.717) is 27.0 Å². The highest BCUT2D eigenvalue weighted by Crippen LogP contribution is 2.37. The van der Waals surface area contributed by atoms with Crippen LogP contribution in [0.1, 0.15) is 35.5 Å². The molecule has 0 radical (unpaired) electrons. The Labute approximate surface area is 228 Å². The van der Waals surface area contributed by atoms with Crippen LogP contribution in [0.4, 0.5) is 5.00 Å². The molecule has 0 aliphatic carbocycles. The van der Waals surface area contributed by atoms with E-state index in [1.807, 2.05) is 29.6 Å². The van der Waals surface area contributed by atoms with Crippen LogP contribution in [0.5, 0.6) is 5.75 Å². The Morgan fingerprint density at radius 2 is 1.84 bits per heavy atom. The molecule has 1 N–H and O–H groups in total. The quantitative estimate of drug-likeness (QED) is 0.173. The highest BCUT2D eigenvalue weighted by atomic mass is 32.2. The third kappa shape index (κ3) is 6.06. The maximum Gasteiger partial charge on any atom is 0.341 e. The zero-order valence-corrected chi connectivity index (χ0v) is 23.5. The van der Waals surface area contributed by atoms with Gasteiger partial charge in [0.1, 0.15) is 16.3 Å². The predicted octanol–water partition coefficient (Wildman–Crippen LogP) is 6.23. The Balaban J connectivity index is 1.50. The fourth-order valence-electron chi connectivity index (χ4n) is 3.75. The third-order valence-electron chi connectivity index (χ3n) is 5.59. The first-order chi connectivity index (χ1) is 18.0. The third-order valence-corrected chi connectivity index (χ3v) is 8.53. The summed E-state index contributed by atoms with van der Waals surface area (Å²) in [6, 6.07) is 9.52. The van der Waals surface area contributed by atoms with Crippen molar-refractivity contribution >= 4 is 51.3 Å². The van der Waals surface area contributed by atoms with E-state index in [0.717, 1.165) is 36.3 Å². The summed E-state index contributed by atoms with van der Waals surface area (Å²) in [4.78, 5) is 26.8. The second-order valence-electron chi connectivity index (χ2n) is 8.02. The number of thioether (sulfide) groups is 1. The number of aromatic nitrogens is 3. The maximum atomic E-state index is 12.9. The van der Waals surface area contributed by atoms with E-state index in [1.165, 1.54) is 35.1 Å². The van der Waals surface area contributed by atoms with E-state index >= 15 is 0 Å². The van der Waals surface area contributed by atoms with Crippen LogP contribution in [0.2, 0.25) is 0 Å². The van der Waals surface area contributed by atoms with Crippen molar-refractivity contribution in [2.75, 3.05) is 25.3 Å². The number of thiophene rings is 2. The lowest BCUT2D eigenvalue weighted by atomic mass is 10.0. The average Bonchev–Trinajstić information content (AvgIpc) is 3.66. The molecule has 194 valence electrons.